The molecule has 1 aromatic heterocycles. The molecular weight excluding hydrogens is 298 g/mol. The summed E-state index contributed by atoms with van der Waals surface area (Å²) in [6.07, 6.45) is 1.86. The Kier molecular flexibility index (Phi) is 3.58. The second kappa shape index (κ2) is 5.89. The SMILES string of the molecule is CC(=O)N1CCN=C(c2cnc3ccccc3c2)c2ccccc21. The number of aliphatic imine (C=N–C) groups is 1. The Morgan fingerprint density at radius 3 is 2.75 bits per heavy atom. The van der Waals surface area contributed by atoms with Crippen LogP contribution in [0.2, 0.25) is 0 Å². The number of carbonyl (C=O) groups is 1. The fourth-order valence-corrected chi connectivity index (χ4v) is 3.15. The molecule has 0 saturated heterocycles. The number of fused-ring (bicyclic) bond motifs is 2. The molecule has 118 valence electrons. The van der Waals surface area contributed by atoms with E-state index in [0.29, 0.717) is 13.1 Å². The minimum absolute atomic E-state index is 0.0375. The number of benzodiazepines with no additional fused rings is 1. The molecule has 4 heteroatoms. The molecule has 0 spiro atoms. The number of hydrogen-bond acceptors (Lipinski definition) is 3. The third-order valence-corrected chi connectivity index (χ3v) is 4.29. The minimum atomic E-state index is 0.0375. The van der Waals surface area contributed by atoms with Crippen LogP contribution in [-0.2, 0) is 4.79 Å². The van der Waals surface area contributed by atoms with Gasteiger partial charge in [-0.25, -0.2) is 0 Å². The zero-order chi connectivity index (χ0) is 16.5. The predicted molar refractivity (Wildman–Crippen MR) is 96.7 cm³/mol. The highest BCUT2D eigenvalue weighted by atomic mass is 16.2. The van der Waals surface area contributed by atoms with Crippen LogP contribution in [0.4, 0.5) is 5.69 Å². The maximum absolute atomic E-state index is 12.0. The predicted octanol–water partition coefficient (Wildman–Crippen LogP) is 3.44. The van der Waals surface area contributed by atoms with Crippen LogP contribution in [0, 0.1) is 0 Å². The Morgan fingerprint density at radius 1 is 1.08 bits per heavy atom. The average Bonchev–Trinajstić information content (AvgIpc) is 2.81. The lowest BCUT2D eigenvalue weighted by molar-refractivity contribution is -0.116. The van der Waals surface area contributed by atoms with Gasteiger partial charge in [-0.1, -0.05) is 36.4 Å². The van der Waals surface area contributed by atoms with E-state index in [-0.39, 0.29) is 5.91 Å². The van der Waals surface area contributed by atoms with Gasteiger partial charge in [-0.05, 0) is 18.2 Å². The van der Waals surface area contributed by atoms with Crippen LogP contribution in [-0.4, -0.2) is 29.7 Å². The van der Waals surface area contributed by atoms with Crippen molar-refractivity contribution in [3.8, 4) is 0 Å². The van der Waals surface area contributed by atoms with E-state index in [1.54, 1.807) is 11.8 Å². The van der Waals surface area contributed by atoms with E-state index in [1.165, 1.54) is 0 Å². The van der Waals surface area contributed by atoms with Crippen LogP contribution in [0.1, 0.15) is 18.1 Å². The number of anilines is 1. The van der Waals surface area contributed by atoms with Gasteiger partial charge < -0.3 is 4.90 Å². The highest BCUT2D eigenvalue weighted by molar-refractivity contribution is 6.18. The summed E-state index contributed by atoms with van der Waals surface area (Å²) >= 11 is 0. The summed E-state index contributed by atoms with van der Waals surface area (Å²) in [7, 11) is 0. The van der Waals surface area contributed by atoms with Crippen molar-refractivity contribution < 1.29 is 4.79 Å². The monoisotopic (exact) mass is 315 g/mol. The van der Waals surface area contributed by atoms with E-state index in [0.717, 1.165) is 33.4 Å². The van der Waals surface area contributed by atoms with E-state index < -0.39 is 0 Å². The molecule has 1 aliphatic heterocycles. The molecule has 1 aliphatic rings. The Morgan fingerprint density at radius 2 is 1.88 bits per heavy atom. The highest BCUT2D eigenvalue weighted by Gasteiger charge is 2.21. The second-order valence-electron chi connectivity index (χ2n) is 5.83. The summed E-state index contributed by atoms with van der Waals surface area (Å²) in [5, 5.41) is 1.09. The van der Waals surface area contributed by atoms with E-state index in [1.807, 2.05) is 48.7 Å². The maximum Gasteiger partial charge on any atom is 0.223 e. The van der Waals surface area contributed by atoms with Gasteiger partial charge in [0, 0.05) is 36.2 Å². The number of rotatable bonds is 1. The lowest BCUT2D eigenvalue weighted by Gasteiger charge is -2.21. The van der Waals surface area contributed by atoms with Gasteiger partial charge in [0.05, 0.1) is 23.5 Å². The number of pyridine rings is 1. The Labute approximate surface area is 140 Å². The topological polar surface area (TPSA) is 45.6 Å². The fraction of sp³-hybridized carbons (Fsp3) is 0.150. The molecule has 0 atom stereocenters. The van der Waals surface area contributed by atoms with Gasteiger partial charge in [0.25, 0.3) is 0 Å². The van der Waals surface area contributed by atoms with E-state index in [9.17, 15) is 4.79 Å². The quantitative estimate of drug-likeness (QED) is 0.690. The molecule has 0 N–H and O–H groups in total. The van der Waals surface area contributed by atoms with Gasteiger partial charge in [0.15, 0.2) is 0 Å². The molecule has 24 heavy (non-hydrogen) atoms. The largest absolute Gasteiger partial charge is 0.310 e. The zero-order valence-electron chi connectivity index (χ0n) is 13.4. The summed E-state index contributed by atoms with van der Waals surface area (Å²) < 4.78 is 0. The van der Waals surface area contributed by atoms with Gasteiger partial charge in [-0.2, -0.15) is 0 Å². The smallest absolute Gasteiger partial charge is 0.223 e. The van der Waals surface area contributed by atoms with Crippen LogP contribution >= 0.6 is 0 Å². The molecule has 0 saturated carbocycles. The van der Waals surface area contributed by atoms with Crippen LogP contribution in [0.25, 0.3) is 10.9 Å². The van der Waals surface area contributed by atoms with Crippen molar-refractivity contribution in [3.05, 3.63) is 71.9 Å². The number of nitrogens with zero attached hydrogens (tertiary/aromatic N) is 3. The summed E-state index contributed by atoms with van der Waals surface area (Å²) in [5.74, 6) is 0.0375. The van der Waals surface area contributed by atoms with Crippen LogP contribution in [0.3, 0.4) is 0 Å². The third-order valence-electron chi connectivity index (χ3n) is 4.29. The second-order valence-corrected chi connectivity index (χ2v) is 5.83. The average molecular weight is 315 g/mol. The Bertz CT molecular complexity index is 962. The van der Waals surface area contributed by atoms with Gasteiger partial charge in [0.2, 0.25) is 5.91 Å². The normalized spacial score (nSPS) is 14.0. The number of benzene rings is 2. The first-order chi connectivity index (χ1) is 11.7. The molecule has 0 fully saturated rings. The van der Waals surface area contributed by atoms with Gasteiger partial charge in [-0.15, -0.1) is 0 Å². The minimum Gasteiger partial charge on any atom is -0.310 e. The molecule has 4 rings (SSSR count). The van der Waals surface area contributed by atoms with E-state index in [4.69, 9.17) is 4.99 Å². The summed E-state index contributed by atoms with van der Waals surface area (Å²) in [4.78, 5) is 23.1. The fourth-order valence-electron chi connectivity index (χ4n) is 3.15. The molecular formula is C20H17N3O. The molecule has 0 aliphatic carbocycles. The summed E-state index contributed by atoms with van der Waals surface area (Å²) in [6.45, 7) is 2.77. The van der Waals surface area contributed by atoms with Crippen LogP contribution < -0.4 is 4.90 Å². The number of amides is 1. The van der Waals surface area contributed by atoms with Gasteiger partial charge in [-0.3, -0.25) is 14.8 Å². The number of carbonyl (C=O) groups excluding carboxylic acids is 1. The van der Waals surface area contributed by atoms with Gasteiger partial charge in [0.1, 0.15) is 0 Å². The first kappa shape index (κ1) is 14.6. The summed E-state index contributed by atoms with van der Waals surface area (Å²) in [6, 6.07) is 18.1. The van der Waals surface area contributed by atoms with E-state index >= 15 is 0 Å². The number of hydrogen-bond donors (Lipinski definition) is 0. The number of aromatic nitrogens is 1. The standard InChI is InChI=1S/C20H17N3O/c1-14(24)23-11-10-21-20(17-7-3-5-9-19(17)23)16-12-15-6-2-4-8-18(15)22-13-16/h2-9,12-13H,10-11H2,1H3. The zero-order valence-corrected chi connectivity index (χ0v) is 13.4. The maximum atomic E-state index is 12.0. The highest BCUT2D eigenvalue weighted by Crippen LogP contribution is 2.27. The molecule has 2 aromatic carbocycles. The van der Waals surface area contributed by atoms with Crippen LogP contribution in [0.5, 0.6) is 0 Å². The molecule has 2 heterocycles. The third kappa shape index (κ3) is 2.46. The first-order valence-electron chi connectivity index (χ1n) is 8.01. The summed E-state index contributed by atoms with van der Waals surface area (Å²) in [5.41, 5.74) is 4.73. The molecule has 0 bridgehead atoms. The van der Waals surface area contributed by atoms with Crippen molar-refractivity contribution in [2.75, 3.05) is 18.0 Å². The first-order valence-corrected chi connectivity index (χ1v) is 8.01. The van der Waals surface area contributed by atoms with Crippen molar-refractivity contribution >= 4 is 28.2 Å². The van der Waals surface area contributed by atoms with Crippen molar-refractivity contribution in [2.45, 2.75) is 6.92 Å². The van der Waals surface area contributed by atoms with Crippen molar-refractivity contribution in [1.82, 2.24) is 4.98 Å². The molecule has 0 radical (unpaired) electrons. The Hall–Kier alpha value is -3.01. The molecule has 3 aromatic rings. The molecule has 1 amide bonds. The molecule has 4 nitrogen and oxygen atoms in total. The van der Waals surface area contributed by atoms with Crippen LogP contribution in [0.15, 0.2) is 65.8 Å². The van der Waals surface area contributed by atoms with Crippen molar-refractivity contribution in [3.63, 3.8) is 0 Å². The van der Waals surface area contributed by atoms with E-state index in [2.05, 4.69) is 17.1 Å². The van der Waals surface area contributed by atoms with Crippen molar-refractivity contribution in [2.24, 2.45) is 4.99 Å². The van der Waals surface area contributed by atoms with Gasteiger partial charge >= 0.3 is 0 Å². The van der Waals surface area contributed by atoms with Crippen molar-refractivity contribution in [1.29, 1.82) is 0 Å². The number of para-hydroxylation sites is 2. The Balaban J connectivity index is 1.88. The molecule has 0 unspecified atom stereocenters. The lowest BCUT2D eigenvalue weighted by atomic mass is 10.00. The lowest BCUT2D eigenvalue weighted by Crippen LogP contribution is -2.30.